The van der Waals surface area contributed by atoms with Gasteiger partial charge < -0.3 is 4.74 Å². The summed E-state index contributed by atoms with van der Waals surface area (Å²) in [6, 6.07) is 2.93. The molecule has 0 saturated heterocycles. The average molecular weight is 237 g/mol. The Kier molecular flexibility index (Phi) is 3.47. The van der Waals surface area contributed by atoms with Gasteiger partial charge in [0, 0.05) is 4.90 Å². The van der Waals surface area contributed by atoms with Crippen molar-refractivity contribution in [2.75, 3.05) is 7.11 Å². The maximum atomic E-state index is 11.1. The number of ether oxygens (including phenoxy) is 1. The molecule has 0 bridgehead atoms. The first-order valence-corrected chi connectivity index (χ1v) is 4.53. The minimum Gasteiger partial charge on any atom is -0.465 e. The number of hydrogen-bond donors (Lipinski definition) is 1. The summed E-state index contributed by atoms with van der Waals surface area (Å²) >= 11 is 15.5. The van der Waals surface area contributed by atoms with E-state index >= 15 is 0 Å². The highest BCUT2D eigenvalue weighted by atomic mass is 35.5. The molecule has 0 atom stereocenters. The molecule has 13 heavy (non-hydrogen) atoms. The van der Waals surface area contributed by atoms with Crippen LogP contribution >= 0.6 is 35.8 Å². The van der Waals surface area contributed by atoms with E-state index in [0.717, 1.165) is 0 Å². The Labute approximate surface area is 91.2 Å². The smallest absolute Gasteiger partial charge is 0.339 e. The molecule has 0 aliphatic rings. The van der Waals surface area contributed by atoms with Crippen molar-refractivity contribution in [2.24, 2.45) is 0 Å². The zero-order chi connectivity index (χ0) is 10.0. The number of methoxy groups -OCH3 is 1. The molecule has 0 fully saturated rings. The first kappa shape index (κ1) is 10.7. The SMILES string of the molecule is COC(=O)c1cc(S)c(Cl)cc1Cl. The normalized spacial score (nSPS) is 9.85. The van der Waals surface area contributed by atoms with E-state index in [1.54, 1.807) is 0 Å². The van der Waals surface area contributed by atoms with E-state index in [9.17, 15) is 4.79 Å². The second-order valence-corrected chi connectivity index (χ2v) is 3.57. The average Bonchev–Trinajstić information content (AvgIpc) is 2.10. The van der Waals surface area contributed by atoms with Gasteiger partial charge in [-0.25, -0.2) is 4.79 Å². The summed E-state index contributed by atoms with van der Waals surface area (Å²) in [5.74, 6) is -0.503. The fourth-order valence-electron chi connectivity index (χ4n) is 0.804. The predicted octanol–water partition coefficient (Wildman–Crippen LogP) is 3.07. The molecule has 0 saturated carbocycles. The standard InChI is InChI=1S/C8H6Cl2O2S/c1-12-8(11)4-2-7(13)6(10)3-5(4)9/h2-3,13H,1H3. The Morgan fingerprint density at radius 3 is 2.54 bits per heavy atom. The molecular formula is C8H6Cl2O2S. The van der Waals surface area contributed by atoms with E-state index in [1.807, 2.05) is 0 Å². The van der Waals surface area contributed by atoms with Crippen LogP contribution in [0.4, 0.5) is 0 Å². The van der Waals surface area contributed by atoms with Crippen molar-refractivity contribution in [1.82, 2.24) is 0 Å². The molecule has 0 aliphatic carbocycles. The highest BCUT2D eigenvalue weighted by Gasteiger charge is 2.12. The van der Waals surface area contributed by atoms with Gasteiger partial charge in [0.1, 0.15) is 0 Å². The van der Waals surface area contributed by atoms with Crippen LogP contribution in [0, 0.1) is 0 Å². The van der Waals surface area contributed by atoms with E-state index in [1.165, 1.54) is 19.2 Å². The van der Waals surface area contributed by atoms with Crippen LogP contribution in [0.3, 0.4) is 0 Å². The molecule has 70 valence electrons. The van der Waals surface area contributed by atoms with Gasteiger partial charge in [0.25, 0.3) is 0 Å². The highest BCUT2D eigenvalue weighted by Crippen LogP contribution is 2.27. The summed E-state index contributed by atoms with van der Waals surface area (Å²) < 4.78 is 4.51. The maximum absolute atomic E-state index is 11.1. The molecule has 0 unspecified atom stereocenters. The minimum atomic E-state index is -0.503. The van der Waals surface area contributed by atoms with Gasteiger partial charge in [-0.15, -0.1) is 12.6 Å². The Morgan fingerprint density at radius 2 is 2.00 bits per heavy atom. The molecule has 1 aromatic rings. The molecule has 5 heteroatoms. The van der Waals surface area contributed by atoms with Crippen molar-refractivity contribution in [2.45, 2.75) is 4.90 Å². The Bertz CT molecular complexity index is 352. The van der Waals surface area contributed by atoms with Crippen molar-refractivity contribution in [3.8, 4) is 0 Å². The Balaban J connectivity index is 3.23. The summed E-state index contributed by atoms with van der Waals surface area (Å²) in [7, 11) is 1.28. The molecule has 1 aromatic carbocycles. The first-order valence-electron chi connectivity index (χ1n) is 3.32. The third kappa shape index (κ3) is 2.30. The number of rotatable bonds is 1. The Hall–Kier alpha value is -0.380. The van der Waals surface area contributed by atoms with Gasteiger partial charge in [0.05, 0.1) is 22.7 Å². The molecule has 0 amide bonds. The molecule has 1 rings (SSSR count). The largest absolute Gasteiger partial charge is 0.465 e. The fourth-order valence-corrected chi connectivity index (χ4v) is 1.46. The van der Waals surface area contributed by atoms with Crippen LogP contribution in [0.1, 0.15) is 10.4 Å². The van der Waals surface area contributed by atoms with Gasteiger partial charge >= 0.3 is 5.97 Å². The maximum Gasteiger partial charge on any atom is 0.339 e. The summed E-state index contributed by atoms with van der Waals surface area (Å²) in [6.07, 6.45) is 0. The van der Waals surface area contributed by atoms with Gasteiger partial charge in [-0.3, -0.25) is 0 Å². The lowest BCUT2D eigenvalue weighted by Crippen LogP contribution is -2.02. The van der Waals surface area contributed by atoms with Crippen molar-refractivity contribution < 1.29 is 9.53 Å². The lowest BCUT2D eigenvalue weighted by Gasteiger charge is -2.04. The first-order chi connectivity index (χ1) is 6.06. The molecular weight excluding hydrogens is 231 g/mol. The topological polar surface area (TPSA) is 26.3 Å². The number of halogens is 2. The quantitative estimate of drug-likeness (QED) is 0.600. The fraction of sp³-hybridized carbons (Fsp3) is 0.125. The summed E-state index contributed by atoms with van der Waals surface area (Å²) in [4.78, 5) is 11.6. The molecule has 0 heterocycles. The van der Waals surface area contributed by atoms with E-state index in [2.05, 4.69) is 17.4 Å². The van der Waals surface area contributed by atoms with E-state index < -0.39 is 5.97 Å². The van der Waals surface area contributed by atoms with Gasteiger partial charge in [0.15, 0.2) is 0 Å². The minimum absolute atomic E-state index is 0.259. The van der Waals surface area contributed by atoms with Crippen LogP contribution in [0.25, 0.3) is 0 Å². The second-order valence-electron chi connectivity index (χ2n) is 2.28. The predicted molar refractivity (Wildman–Crippen MR) is 55.1 cm³/mol. The third-order valence-electron chi connectivity index (χ3n) is 1.44. The monoisotopic (exact) mass is 236 g/mol. The number of hydrogen-bond acceptors (Lipinski definition) is 3. The molecule has 0 aromatic heterocycles. The summed E-state index contributed by atoms with van der Waals surface area (Å²) in [6.45, 7) is 0. The van der Waals surface area contributed by atoms with Gasteiger partial charge in [-0.1, -0.05) is 23.2 Å². The van der Waals surface area contributed by atoms with E-state index in [4.69, 9.17) is 23.2 Å². The van der Waals surface area contributed by atoms with Crippen molar-refractivity contribution in [3.05, 3.63) is 27.7 Å². The zero-order valence-electron chi connectivity index (χ0n) is 6.67. The molecule has 0 N–H and O–H groups in total. The molecule has 2 nitrogen and oxygen atoms in total. The molecule has 0 radical (unpaired) electrons. The van der Waals surface area contributed by atoms with Gasteiger partial charge in [-0.05, 0) is 12.1 Å². The Morgan fingerprint density at radius 1 is 1.38 bits per heavy atom. The van der Waals surface area contributed by atoms with Crippen LogP contribution < -0.4 is 0 Å². The zero-order valence-corrected chi connectivity index (χ0v) is 9.08. The van der Waals surface area contributed by atoms with E-state index in [-0.39, 0.29) is 10.6 Å². The van der Waals surface area contributed by atoms with Crippen LogP contribution in [0.2, 0.25) is 10.0 Å². The summed E-state index contributed by atoms with van der Waals surface area (Å²) in [5.41, 5.74) is 0.263. The third-order valence-corrected chi connectivity index (χ3v) is 2.57. The number of benzene rings is 1. The summed E-state index contributed by atoms with van der Waals surface area (Å²) in [5, 5.41) is 0.663. The van der Waals surface area contributed by atoms with E-state index in [0.29, 0.717) is 9.92 Å². The van der Waals surface area contributed by atoms with Crippen LogP contribution in [0.15, 0.2) is 17.0 Å². The van der Waals surface area contributed by atoms with Crippen LogP contribution in [0.5, 0.6) is 0 Å². The van der Waals surface area contributed by atoms with Crippen molar-refractivity contribution in [3.63, 3.8) is 0 Å². The van der Waals surface area contributed by atoms with Crippen LogP contribution in [-0.2, 0) is 4.74 Å². The van der Waals surface area contributed by atoms with Gasteiger partial charge in [0.2, 0.25) is 0 Å². The lowest BCUT2D eigenvalue weighted by atomic mass is 10.2. The second kappa shape index (κ2) is 4.22. The van der Waals surface area contributed by atoms with Gasteiger partial charge in [-0.2, -0.15) is 0 Å². The number of esters is 1. The van der Waals surface area contributed by atoms with Crippen molar-refractivity contribution in [1.29, 1.82) is 0 Å². The molecule has 0 aliphatic heterocycles. The number of carbonyl (C=O) groups is 1. The highest BCUT2D eigenvalue weighted by molar-refractivity contribution is 7.80. The van der Waals surface area contributed by atoms with Crippen LogP contribution in [-0.4, -0.2) is 13.1 Å². The number of carbonyl (C=O) groups excluding carboxylic acids is 1. The van der Waals surface area contributed by atoms with Crippen molar-refractivity contribution >= 4 is 41.8 Å². The number of thiol groups is 1. The molecule has 0 spiro atoms. The lowest BCUT2D eigenvalue weighted by molar-refractivity contribution is 0.0600.